The lowest BCUT2D eigenvalue weighted by Crippen LogP contribution is -2.53. The molecule has 4 aromatic carbocycles. The van der Waals surface area contributed by atoms with Crippen LogP contribution in [0.3, 0.4) is 0 Å². The van der Waals surface area contributed by atoms with Gasteiger partial charge in [-0.05, 0) is 73.5 Å². The number of likely N-dealkylation sites (N-methyl/N-ethyl adjacent to an activating group) is 1. The minimum absolute atomic E-state index is 0.0631. The first-order chi connectivity index (χ1) is 21.1. The van der Waals surface area contributed by atoms with Gasteiger partial charge in [0.25, 0.3) is 10.0 Å². The first kappa shape index (κ1) is 32.2. The Morgan fingerprint density at radius 1 is 0.864 bits per heavy atom. The Bertz CT molecular complexity index is 1650. The third-order valence-electron chi connectivity index (χ3n) is 7.14. The molecule has 0 aliphatic heterocycles. The molecule has 0 aliphatic carbocycles. The number of ether oxygens (including phenoxy) is 1. The highest BCUT2D eigenvalue weighted by Gasteiger charge is 2.34. The number of hydrogen-bond acceptors (Lipinski definition) is 5. The number of sulfonamides is 1. The topological polar surface area (TPSA) is 96.0 Å². The van der Waals surface area contributed by atoms with E-state index in [4.69, 9.17) is 4.74 Å². The second kappa shape index (κ2) is 14.7. The van der Waals surface area contributed by atoms with Gasteiger partial charge in [-0.15, -0.1) is 0 Å². The van der Waals surface area contributed by atoms with Gasteiger partial charge in [-0.2, -0.15) is 0 Å². The van der Waals surface area contributed by atoms with Gasteiger partial charge in [0, 0.05) is 19.5 Å². The highest BCUT2D eigenvalue weighted by atomic mass is 32.2. The molecule has 1 atom stereocenters. The van der Waals surface area contributed by atoms with E-state index in [1.54, 1.807) is 6.92 Å². The summed E-state index contributed by atoms with van der Waals surface area (Å²) in [5.41, 5.74) is 2.75. The van der Waals surface area contributed by atoms with Gasteiger partial charge in [0.15, 0.2) is 0 Å². The number of halogens is 1. The normalized spacial score (nSPS) is 11.8. The van der Waals surface area contributed by atoms with E-state index in [0.717, 1.165) is 33.1 Å². The summed E-state index contributed by atoms with van der Waals surface area (Å²) in [4.78, 5) is 29.2. The quantitative estimate of drug-likeness (QED) is 0.225. The molecule has 0 aliphatic rings. The average molecular weight is 618 g/mol. The van der Waals surface area contributed by atoms with Crippen molar-refractivity contribution in [3.63, 3.8) is 0 Å². The zero-order valence-electron chi connectivity index (χ0n) is 24.9. The molecule has 0 saturated carbocycles. The van der Waals surface area contributed by atoms with E-state index >= 15 is 0 Å². The summed E-state index contributed by atoms with van der Waals surface area (Å²) in [7, 11) is -2.84. The molecule has 0 fully saturated rings. The molecule has 8 nitrogen and oxygen atoms in total. The Morgan fingerprint density at radius 3 is 2.09 bits per heavy atom. The van der Waals surface area contributed by atoms with Gasteiger partial charge in [0.2, 0.25) is 11.8 Å². The minimum Gasteiger partial charge on any atom is -0.497 e. The lowest BCUT2D eigenvalue weighted by molar-refractivity contribution is -0.140. The molecule has 4 aromatic rings. The third kappa shape index (κ3) is 8.02. The van der Waals surface area contributed by atoms with E-state index in [0.29, 0.717) is 12.3 Å². The van der Waals surface area contributed by atoms with Gasteiger partial charge in [-0.25, -0.2) is 12.8 Å². The van der Waals surface area contributed by atoms with E-state index in [-0.39, 0.29) is 29.5 Å². The van der Waals surface area contributed by atoms with Crippen LogP contribution >= 0.6 is 0 Å². The summed E-state index contributed by atoms with van der Waals surface area (Å²) in [5, 5.41) is 2.84. The Labute approximate surface area is 258 Å². The number of carbonyl (C=O) groups is 2. The lowest BCUT2D eigenvalue weighted by Gasteiger charge is -2.33. The van der Waals surface area contributed by atoms with Crippen molar-refractivity contribution < 1.29 is 27.1 Å². The molecule has 0 saturated heterocycles. The summed E-state index contributed by atoms with van der Waals surface area (Å²) in [6.07, 6.45) is 0.214. The van der Waals surface area contributed by atoms with Crippen LogP contribution in [-0.4, -0.2) is 51.4 Å². The van der Waals surface area contributed by atoms with Crippen LogP contribution in [0.1, 0.15) is 23.6 Å². The number of nitrogens with zero attached hydrogens (tertiary/aromatic N) is 2. The maximum Gasteiger partial charge on any atom is 0.264 e. The standard InChI is InChI=1S/C34H36FN3O5S/c1-4-36-34(40)32(22-26-8-6-5-7-9-26)37(23-27-12-10-25(2)11-13-27)33(39)24-38(29-16-14-28(35)15-17-29)44(41,42)31-20-18-30(43-3)19-21-31/h5-21,32H,4,22-24H2,1-3H3,(H,36,40)/t32-/m1/s1. The largest absolute Gasteiger partial charge is 0.497 e. The molecular weight excluding hydrogens is 581 g/mol. The SMILES string of the molecule is CCNC(=O)[C@@H](Cc1ccccc1)N(Cc1ccc(C)cc1)C(=O)CN(c1ccc(F)cc1)S(=O)(=O)c1ccc(OC)cc1. The smallest absolute Gasteiger partial charge is 0.264 e. The van der Waals surface area contributed by atoms with Crippen molar-refractivity contribution in [2.24, 2.45) is 0 Å². The molecule has 0 bridgehead atoms. The molecule has 10 heteroatoms. The van der Waals surface area contributed by atoms with Gasteiger partial charge in [0.05, 0.1) is 17.7 Å². The molecule has 0 spiro atoms. The van der Waals surface area contributed by atoms with Crippen LogP contribution in [0.15, 0.2) is 108 Å². The summed E-state index contributed by atoms with van der Waals surface area (Å²) in [6, 6.07) is 26.6. The second-order valence-electron chi connectivity index (χ2n) is 10.3. The second-order valence-corrected chi connectivity index (χ2v) is 12.1. The first-order valence-corrected chi connectivity index (χ1v) is 15.7. The van der Waals surface area contributed by atoms with Crippen molar-refractivity contribution in [3.8, 4) is 5.75 Å². The Morgan fingerprint density at radius 2 is 1.50 bits per heavy atom. The van der Waals surface area contributed by atoms with E-state index < -0.39 is 34.3 Å². The van der Waals surface area contributed by atoms with Crippen LogP contribution in [0.2, 0.25) is 0 Å². The number of aryl methyl sites for hydroxylation is 1. The van der Waals surface area contributed by atoms with Crippen LogP contribution in [-0.2, 0) is 32.6 Å². The van der Waals surface area contributed by atoms with E-state index in [1.807, 2.05) is 61.5 Å². The van der Waals surface area contributed by atoms with Crippen molar-refractivity contribution in [3.05, 3.63) is 126 Å². The molecule has 0 aromatic heterocycles. The van der Waals surface area contributed by atoms with Gasteiger partial charge >= 0.3 is 0 Å². The van der Waals surface area contributed by atoms with Crippen LogP contribution < -0.4 is 14.4 Å². The van der Waals surface area contributed by atoms with Crippen molar-refractivity contribution in [2.75, 3.05) is 24.5 Å². The molecule has 1 N–H and O–H groups in total. The summed E-state index contributed by atoms with van der Waals surface area (Å²) < 4.78 is 48.0. The molecule has 0 heterocycles. The number of nitrogens with one attached hydrogen (secondary N) is 1. The Balaban J connectivity index is 1.78. The fraction of sp³-hybridized carbons (Fsp3) is 0.235. The molecule has 0 radical (unpaired) electrons. The Kier molecular flexibility index (Phi) is 10.7. The maximum absolute atomic E-state index is 14.3. The van der Waals surface area contributed by atoms with E-state index in [9.17, 15) is 22.4 Å². The van der Waals surface area contributed by atoms with E-state index in [2.05, 4.69) is 5.32 Å². The molecule has 2 amide bonds. The molecule has 44 heavy (non-hydrogen) atoms. The van der Waals surface area contributed by atoms with Gasteiger partial charge < -0.3 is 15.0 Å². The fourth-order valence-electron chi connectivity index (χ4n) is 4.75. The number of benzene rings is 4. The number of amides is 2. The van der Waals surface area contributed by atoms with Crippen molar-refractivity contribution >= 4 is 27.5 Å². The zero-order chi connectivity index (χ0) is 31.7. The van der Waals surface area contributed by atoms with Crippen molar-refractivity contribution in [2.45, 2.75) is 37.8 Å². The average Bonchev–Trinajstić information content (AvgIpc) is 3.03. The summed E-state index contributed by atoms with van der Waals surface area (Å²) in [5.74, 6) is -1.05. The third-order valence-corrected chi connectivity index (χ3v) is 8.92. The Hall–Kier alpha value is -4.70. The monoisotopic (exact) mass is 617 g/mol. The predicted molar refractivity (Wildman–Crippen MR) is 168 cm³/mol. The van der Waals surface area contributed by atoms with Crippen LogP contribution in [0, 0.1) is 12.7 Å². The lowest BCUT2D eigenvalue weighted by atomic mass is 10.0. The minimum atomic E-state index is -4.31. The highest BCUT2D eigenvalue weighted by Crippen LogP contribution is 2.26. The number of carbonyl (C=O) groups excluding carboxylic acids is 2. The van der Waals surface area contributed by atoms with E-state index in [1.165, 1.54) is 48.4 Å². The van der Waals surface area contributed by atoms with Crippen molar-refractivity contribution in [1.29, 1.82) is 0 Å². The van der Waals surface area contributed by atoms with Gasteiger partial charge in [-0.1, -0.05) is 60.2 Å². The molecule has 230 valence electrons. The van der Waals surface area contributed by atoms with Gasteiger partial charge in [-0.3, -0.25) is 13.9 Å². The van der Waals surface area contributed by atoms with Crippen LogP contribution in [0.5, 0.6) is 5.75 Å². The number of hydrogen-bond donors (Lipinski definition) is 1. The maximum atomic E-state index is 14.3. The molecule has 0 unspecified atom stereocenters. The fourth-order valence-corrected chi connectivity index (χ4v) is 6.16. The number of rotatable bonds is 13. The number of methoxy groups -OCH3 is 1. The first-order valence-electron chi connectivity index (χ1n) is 14.2. The van der Waals surface area contributed by atoms with Crippen LogP contribution in [0.25, 0.3) is 0 Å². The van der Waals surface area contributed by atoms with Crippen molar-refractivity contribution in [1.82, 2.24) is 10.2 Å². The molecule has 4 rings (SSSR count). The predicted octanol–water partition coefficient (Wildman–Crippen LogP) is 5.11. The van der Waals surface area contributed by atoms with Gasteiger partial charge in [0.1, 0.15) is 24.2 Å². The van der Waals surface area contributed by atoms with Crippen LogP contribution in [0.4, 0.5) is 10.1 Å². The highest BCUT2D eigenvalue weighted by molar-refractivity contribution is 7.92. The number of anilines is 1. The summed E-state index contributed by atoms with van der Waals surface area (Å²) >= 11 is 0. The summed E-state index contributed by atoms with van der Waals surface area (Å²) in [6.45, 7) is 3.53. The zero-order valence-corrected chi connectivity index (χ0v) is 25.8. The molecular formula is C34H36FN3O5S.